The van der Waals surface area contributed by atoms with E-state index < -0.39 is 0 Å². The van der Waals surface area contributed by atoms with Crippen LogP contribution >= 0.6 is 0 Å². The summed E-state index contributed by atoms with van der Waals surface area (Å²) >= 11 is 0. The molecule has 1 aliphatic rings. The van der Waals surface area contributed by atoms with Gasteiger partial charge in [0.2, 0.25) is 5.91 Å². The minimum atomic E-state index is 0.257. The van der Waals surface area contributed by atoms with E-state index in [0.717, 1.165) is 39.0 Å². The third kappa shape index (κ3) is 5.04. The third-order valence-electron chi connectivity index (χ3n) is 3.53. The lowest BCUT2D eigenvalue weighted by atomic mass is 10.1. The number of likely N-dealkylation sites (N-methyl/N-ethyl adjacent to an activating group) is 1. The molecule has 1 N–H and O–H groups in total. The van der Waals surface area contributed by atoms with E-state index in [1.54, 1.807) is 0 Å². The first kappa shape index (κ1) is 14.5. The Bertz CT molecular complexity index is 225. The van der Waals surface area contributed by atoms with Crippen molar-refractivity contribution in [3.05, 3.63) is 0 Å². The van der Waals surface area contributed by atoms with E-state index in [1.165, 1.54) is 6.42 Å². The van der Waals surface area contributed by atoms with E-state index in [9.17, 15) is 4.79 Å². The highest BCUT2D eigenvalue weighted by Gasteiger charge is 2.19. The number of hydrogen-bond acceptors (Lipinski definition) is 3. The van der Waals surface area contributed by atoms with Crippen LogP contribution in [0, 0.1) is 0 Å². The molecule has 0 aromatic heterocycles. The molecule has 4 heteroatoms. The van der Waals surface area contributed by atoms with Gasteiger partial charge in [0.1, 0.15) is 0 Å². The molecule has 1 atom stereocenters. The number of rotatable bonds is 6. The SMILES string of the molecule is CCCC(CC)NCC(=O)N1CCN(C)CC1. The molecular formula is C13H27N3O. The molecule has 0 saturated carbocycles. The first-order valence-corrected chi connectivity index (χ1v) is 6.87. The molecule has 0 aromatic carbocycles. The van der Waals surface area contributed by atoms with Crippen molar-refractivity contribution in [2.24, 2.45) is 0 Å². The summed E-state index contributed by atoms with van der Waals surface area (Å²) in [7, 11) is 2.11. The summed E-state index contributed by atoms with van der Waals surface area (Å²) in [5.74, 6) is 0.257. The molecule has 1 fully saturated rings. The van der Waals surface area contributed by atoms with Gasteiger partial charge >= 0.3 is 0 Å². The standard InChI is InChI=1S/C13H27N3O/c1-4-6-12(5-2)14-11-13(17)16-9-7-15(3)8-10-16/h12,14H,4-11H2,1-3H3. The van der Waals surface area contributed by atoms with Crippen molar-refractivity contribution < 1.29 is 4.79 Å². The average molecular weight is 241 g/mol. The van der Waals surface area contributed by atoms with Gasteiger partial charge in [-0.05, 0) is 19.9 Å². The molecule has 17 heavy (non-hydrogen) atoms. The van der Waals surface area contributed by atoms with Gasteiger partial charge < -0.3 is 15.1 Å². The van der Waals surface area contributed by atoms with Gasteiger partial charge in [0, 0.05) is 32.2 Å². The molecule has 100 valence electrons. The molecular weight excluding hydrogens is 214 g/mol. The monoisotopic (exact) mass is 241 g/mol. The minimum absolute atomic E-state index is 0.257. The van der Waals surface area contributed by atoms with Crippen LogP contribution in [0.3, 0.4) is 0 Å². The van der Waals surface area contributed by atoms with Crippen molar-refractivity contribution in [3.63, 3.8) is 0 Å². The zero-order valence-corrected chi connectivity index (χ0v) is 11.5. The smallest absolute Gasteiger partial charge is 0.236 e. The van der Waals surface area contributed by atoms with Crippen LogP contribution in [0.1, 0.15) is 33.1 Å². The van der Waals surface area contributed by atoms with Gasteiger partial charge in [-0.1, -0.05) is 20.3 Å². The Hall–Kier alpha value is -0.610. The number of carbonyl (C=O) groups excluding carboxylic acids is 1. The van der Waals surface area contributed by atoms with Gasteiger partial charge in [0.15, 0.2) is 0 Å². The second kappa shape index (κ2) is 7.67. The molecule has 1 heterocycles. The zero-order valence-electron chi connectivity index (χ0n) is 11.5. The second-order valence-corrected chi connectivity index (χ2v) is 4.96. The van der Waals surface area contributed by atoms with Crippen LogP contribution in [-0.4, -0.2) is 61.5 Å². The normalized spacial score (nSPS) is 19.4. The number of amides is 1. The van der Waals surface area contributed by atoms with Crippen LogP contribution in [0.2, 0.25) is 0 Å². The van der Waals surface area contributed by atoms with Gasteiger partial charge in [-0.3, -0.25) is 4.79 Å². The Morgan fingerprint density at radius 1 is 1.24 bits per heavy atom. The van der Waals surface area contributed by atoms with E-state index in [-0.39, 0.29) is 5.91 Å². The van der Waals surface area contributed by atoms with Crippen molar-refractivity contribution in [1.82, 2.24) is 15.1 Å². The second-order valence-electron chi connectivity index (χ2n) is 4.96. The lowest BCUT2D eigenvalue weighted by molar-refractivity contribution is -0.131. The first-order chi connectivity index (χ1) is 8.17. The fourth-order valence-electron chi connectivity index (χ4n) is 2.20. The summed E-state index contributed by atoms with van der Waals surface area (Å²) < 4.78 is 0. The van der Waals surface area contributed by atoms with Crippen LogP contribution in [0.5, 0.6) is 0 Å². The number of piperazine rings is 1. The Morgan fingerprint density at radius 3 is 2.41 bits per heavy atom. The summed E-state index contributed by atoms with van der Waals surface area (Å²) in [6, 6.07) is 0.497. The molecule has 1 unspecified atom stereocenters. The van der Waals surface area contributed by atoms with E-state index in [2.05, 4.69) is 31.1 Å². The average Bonchev–Trinajstić information content (AvgIpc) is 2.35. The van der Waals surface area contributed by atoms with E-state index in [4.69, 9.17) is 0 Å². The molecule has 4 nitrogen and oxygen atoms in total. The first-order valence-electron chi connectivity index (χ1n) is 6.87. The molecule has 1 aliphatic heterocycles. The highest BCUT2D eigenvalue weighted by atomic mass is 16.2. The fourth-order valence-corrected chi connectivity index (χ4v) is 2.20. The lowest BCUT2D eigenvalue weighted by Crippen LogP contribution is -2.50. The number of nitrogens with one attached hydrogen (secondary N) is 1. The Kier molecular flexibility index (Phi) is 6.52. The largest absolute Gasteiger partial charge is 0.339 e. The van der Waals surface area contributed by atoms with Crippen molar-refractivity contribution >= 4 is 5.91 Å². The van der Waals surface area contributed by atoms with Crippen LogP contribution in [0.25, 0.3) is 0 Å². The summed E-state index contributed by atoms with van der Waals surface area (Å²) in [6.45, 7) is 8.61. The molecule has 0 radical (unpaired) electrons. The van der Waals surface area contributed by atoms with Gasteiger partial charge in [-0.15, -0.1) is 0 Å². The summed E-state index contributed by atoms with van der Waals surface area (Å²) in [5.41, 5.74) is 0. The third-order valence-corrected chi connectivity index (χ3v) is 3.53. The van der Waals surface area contributed by atoms with Gasteiger partial charge in [-0.25, -0.2) is 0 Å². The summed E-state index contributed by atoms with van der Waals surface area (Å²) in [6.07, 6.45) is 3.44. The predicted octanol–water partition coefficient (Wildman–Crippen LogP) is 0.929. The van der Waals surface area contributed by atoms with E-state index in [0.29, 0.717) is 12.6 Å². The lowest BCUT2D eigenvalue weighted by Gasteiger charge is -2.32. The molecule has 1 saturated heterocycles. The molecule has 1 rings (SSSR count). The number of carbonyl (C=O) groups is 1. The van der Waals surface area contributed by atoms with Crippen LogP contribution in [-0.2, 0) is 4.79 Å². The predicted molar refractivity (Wildman–Crippen MR) is 71.1 cm³/mol. The Labute approximate surface area is 105 Å². The number of nitrogens with zero attached hydrogens (tertiary/aromatic N) is 2. The Balaban J connectivity index is 2.24. The summed E-state index contributed by atoms with van der Waals surface area (Å²) in [5, 5.41) is 3.37. The van der Waals surface area contributed by atoms with Crippen molar-refractivity contribution in [2.75, 3.05) is 39.8 Å². The maximum Gasteiger partial charge on any atom is 0.236 e. The van der Waals surface area contributed by atoms with Crippen LogP contribution in [0.4, 0.5) is 0 Å². The molecule has 0 aliphatic carbocycles. The van der Waals surface area contributed by atoms with Crippen molar-refractivity contribution in [2.45, 2.75) is 39.2 Å². The zero-order chi connectivity index (χ0) is 12.7. The van der Waals surface area contributed by atoms with Crippen molar-refractivity contribution in [3.8, 4) is 0 Å². The van der Waals surface area contributed by atoms with Crippen molar-refractivity contribution in [1.29, 1.82) is 0 Å². The Morgan fingerprint density at radius 2 is 1.88 bits per heavy atom. The number of hydrogen-bond donors (Lipinski definition) is 1. The minimum Gasteiger partial charge on any atom is -0.339 e. The van der Waals surface area contributed by atoms with Gasteiger partial charge in [0.05, 0.1) is 6.54 Å². The maximum absolute atomic E-state index is 12.0. The fraction of sp³-hybridized carbons (Fsp3) is 0.923. The topological polar surface area (TPSA) is 35.6 Å². The maximum atomic E-state index is 12.0. The quantitative estimate of drug-likeness (QED) is 0.751. The van der Waals surface area contributed by atoms with Crippen LogP contribution < -0.4 is 5.32 Å². The highest BCUT2D eigenvalue weighted by molar-refractivity contribution is 5.78. The van der Waals surface area contributed by atoms with E-state index >= 15 is 0 Å². The highest BCUT2D eigenvalue weighted by Crippen LogP contribution is 2.02. The molecule has 1 amide bonds. The molecule has 0 aromatic rings. The molecule has 0 spiro atoms. The van der Waals surface area contributed by atoms with Crippen LogP contribution in [0.15, 0.2) is 0 Å². The van der Waals surface area contributed by atoms with Gasteiger partial charge in [0.25, 0.3) is 0 Å². The molecule has 0 bridgehead atoms. The van der Waals surface area contributed by atoms with Gasteiger partial charge in [-0.2, -0.15) is 0 Å². The van der Waals surface area contributed by atoms with E-state index in [1.807, 2.05) is 4.90 Å². The summed E-state index contributed by atoms with van der Waals surface area (Å²) in [4.78, 5) is 16.2.